The maximum Gasteiger partial charge on any atom is 0.496 e. The molecule has 0 N–H and O–H groups in total. The van der Waals surface area contributed by atoms with Gasteiger partial charge in [0.05, 0.1) is 11.2 Å². The fourth-order valence-corrected chi connectivity index (χ4v) is 2.70. The van der Waals surface area contributed by atoms with Gasteiger partial charge in [-0.15, -0.1) is 11.8 Å². The van der Waals surface area contributed by atoms with E-state index in [-0.39, 0.29) is 17.0 Å². The van der Waals surface area contributed by atoms with Crippen molar-refractivity contribution in [2.24, 2.45) is 0 Å². The van der Waals surface area contributed by atoms with Crippen molar-refractivity contribution < 1.29 is 14.1 Å². The molecule has 1 aliphatic rings. The number of benzene rings is 1. The fraction of sp³-hybridized carbons (Fsp3) is 0.533. The lowest BCUT2D eigenvalue weighted by Gasteiger charge is -2.32. The normalized spacial score (nSPS) is 20.2. The van der Waals surface area contributed by atoms with E-state index in [2.05, 4.69) is 0 Å². The van der Waals surface area contributed by atoms with E-state index < -0.39 is 7.12 Å². The first-order chi connectivity index (χ1) is 9.18. The summed E-state index contributed by atoms with van der Waals surface area (Å²) in [6.45, 7) is 9.68. The van der Waals surface area contributed by atoms with Gasteiger partial charge in [-0.3, -0.25) is 4.79 Å². The van der Waals surface area contributed by atoms with Gasteiger partial charge in [0, 0.05) is 10.5 Å². The Bertz CT molecular complexity index is 524. The average molecular weight is 292 g/mol. The summed E-state index contributed by atoms with van der Waals surface area (Å²) in [5, 5.41) is 0. The Morgan fingerprint density at radius 1 is 1.15 bits per heavy atom. The molecule has 1 saturated heterocycles. The average Bonchev–Trinajstić information content (AvgIpc) is 2.57. The molecule has 20 heavy (non-hydrogen) atoms. The number of ketones is 1. The van der Waals surface area contributed by atoms with Gasteiger partial charge in [0.2, 0.25) is 0 Å². The third-order valence-corrected chi connectivity index (χ3v) is 4.96. The van der Waals surface area contributed by atoms with Crippen LogP contribution in [0.5, 0.6) is 0 Å². The minimum Gasteiger partial charge on any atom is -0.399 e. The highest BCUT2D eigenvalue weighted by Crippen LogP contribution is 2.37. The van der Waals surface area contributed by atoms with E-state index in [9.17, 15) is 4.79 Å². The third-order valence-electron chi connectivity index (χ3n) is 4.14. The van der Waals surface area contributed by atoms with Gasteiger partial charge in [-0.2, -0.15) is 0 Å². The molecular weight excluding hydrogens is 271 g/mol. The molecule has 5 heteroatoms. The van der Waals surface area contributed by atoms with Crippen LogP contribution >= 0.6 is 11.8 Å². The zero-order valence-electron chi connectivity index (χ0n) is 12.9. The molecule has 0 aromatic heterocycles. The van der Waals surface area contributed by atoms with Crippen LogP contribution in [-0.2, 0) is 9.31 Å². The van der Waals surface area contributed by atoms with Crippen molar-refractivity contribution in [1.29, 1.82) is 0 Å². The predicted octanol–water partition coefficient (Wildman–Crippen LogP) is 2.91. The summed E-state index contributed by atoms with van der Waals surface area (Å²) in [5.74, 6) is 0.0513. The van der Waals surface area contributed by atoms with E-state index in [1.807, 2.05) is 52.1 Å². The number of rotatable bonds is 3. The van der Waals surface area contributed by atoms with Gasteiger partial charge < -0.3 is 9.31 Å². The van der Waals surface area contributed by atoms with Crippen LogP contribution in [0, 0.1) is 0 Å². The number of carbonyl (C=O) groups is 1. The first-order valence-corrected chi connectivity index (χ1v) is 7.95. The lowest BCUT2D eigenvalue weighted by molar-refractivity contribution is 0.00578. The molecule has 0 bridgehead atoms. The number of thioether (sulfide) groups is 1. The Morgan fingerprint density at radius 3 is 2.15 bits per heavy atom. The lowest BCUT2D eigenvalue weighted by atomic mass is 9.78. The smallest absolute Gasteiger partial charge is 0.399 e. The molecule has 1 aromatic carbocycles. The van der Waals surface area contributed by atoms with Crippen LogP contribution in [0.4, 0.5) is 0 Å². The molecule has 1 aliphatic heterocycles. The van der Waals surface area contributed by atoms with Crippen molar-refractivity contribution in [2.45, 2.75) is 50.7 Å². The van der Waals surface area contributed by atoms with Crippen LogP contribution in [0.1, 0.15) is 45.0 Å². The molecule has 0 radical (unpaired) electrons. The Labute approximate surface area is 125 Å². The van der Waals surface area contributed by atoms with Crippen molar-refractivity contribution in [3.8, 4) is 0 Å². The second-order valence-corrected chi connectivity index (χ2v) is 6.95. The van der Waals surface area contributed by atoms with Gasteiger partial charge in [-0.05, 0) is 52.4 Å². The number of Topliss-reactive ketones (excluding diaryl/α,β-unsaturated/α-hetero) is 1. The fourth-order valence-electron chi connectivity index (χ4n) is 2.11. The molecule has 1 aromatic rings. The second-order valence-electron chi connectivity index (χ2n) is 6.10. The summed E-state index contributed by atoms with van der Waals surface area (Å²) in [7, 11) is -0.429. The van der Waals surface area contributed by atoms with Crippen molar-refractivity contribution in [3.63, 3.8) is 0 Å². The second kappa shape index (κ2) is 5.21. The van der Waals surface area contributed by atoms with E-state index >= 15 is 0 Å². The minimum absolute atomic E-state index is 0.0513. The topological polar surface area (TPSA) is 35.5 Å². The number of carbonyl (C=O) groups excluding carboxylic acids is 1. The first kappa shape index (κ1) is 15.6. The minimum atomic E-state index is -0.429. The molecule has 0 saturated carbocycles. The Hall–Kier alpha value is -0.775. The zero-order valence-corrected chi connectivity index (χ0v) is 13.8. The van der Waals surface area contributed by atoms with Crippen LogP contribution in [0.2, 0.25) is 0 Å². The molecular formula is C15H21BO3S. The monoisotopic (exact) mass is 292 g/mol. The molecule has 2 rings (SSSR count). The maximum atomic E-state index is 11.6. The van der Waals surface area contributed by atoms with Crippen molar-refractivity contribution >= 4 is 30.1 Å². The largest absolute Gasteiger partial charge is 0.496 e. The highest BCUT2D eigenvalue weighted by atomic mass is 32.2. The van der Waals surface area contributed by atoms with Gasteiger partial charge in [-0.25, -0.2) is 0 Å². The van der Waals surface area contributed by atoms with Crippen LogP contribution in [0.3, 0.4) is 0 Å². The van der Waals surface area contributed by atoms with Gasteiger partial charge >= 0.3 is 7.12 Å². The molecule has 108 valence electrons. The highest BCUT2D eigenvalue weighted by molar-refractivity contribution is 7.98. The first-order valence-electron chi connectivity index (χ1n) is 6.72. The standard InChI is InChI=1S/C15H21BO3S/c1-10(17)11-7-8-13(20-6)12(9-11)16-18-14(2,3)15(4,5)19-16/h7-9H,1-6H3. The van der Waals surface area contributed by atoms with E-state index in [0.29, 0.717) is 5.56 Å². The quantitative estimate of drug-likeness (QED) is 0.487. The molecule has 0 amide bonds. The summed E-state index contributed by atoms with van der Waals surface area (Å²) >= 11 is 1.63. The Kier molecular flexibility index (Phi) is 4.06. The Balaban J connectivity index is 2.43. The molecule has 3 nitrogen and oxygen atoms in total. The summed E-state index contributed by atoms with van der Waals surface area (Å²) in [4.78, 5) is 12.7. The third kappa shape index (κ3) is 2.67. The van der Waals surface area contributed by atoms with Crippen LogP contribution in [0.15, 0.2) is 23.1 Å². The van der Waals surface area contributed by atoms with E-state index in [1.165, 1.54) is 0 Å². The van der Waals surface area contributed by atoms with Crippen LogP contribution in [0.25, 0.3) is 0 Å². The van der Waals surface area contributed by atoms with E-state index in [4.69, 9.17) is 9.31 Å². The molecule has 0 aliphatic carbocycles. The lowest BCUT2D eigenvalue weighted by Crippen LogP contribution is -2.41. The summed E-state index contributed by atoms with van der Waals surface area (Å²) in [6, 6.07) is 5.70. The SMILES string of the molecule is CSc1ccc(C(C)=O)cc1B1OC(C)(C)C(C)(C)O1. The van der Waals surface area contributed by atoms with Gasteiger partial charge in [-0.1, -0.05) is 12.1 Å². The number of hydrogen-bond acceptors (Lipinski definition) is 4. The predicted molar refractivity (Wildman–Crippen MR) is 83.9 cm³/mol. The molecule has 0 spiro atoms. The van der Waals surface area contributed by atoms with Crippen molar-refractivity contribution in [2.75, 3.05) is 6.26 Å². The maximum absolute atomic E-state index is 11.6. The highest BCUT2D eigenvalue weighted by Gasteiger charge is 2.52. The summed E-state index contributed by atoms with van der Waals surface area (Å²) in [6.07, 6.45) is 2.01. The molecule has 0 unspecified atom stereocenters. The number of hydrogen-bond donors (Lipinski definition) is 0. The van der Waals surface area contributed by atoms with Crippen LogP contribution in [-0.4, -0.2) is 30.4 Å². The molecule has 1 heterocycles. The summed E-state index contributed by atoms with van der Waals surface area (Å²) in [5.41, 5.74) is 0.871. The van der Waals surface area contributed by atoms with E-state index in [0.717, 1.165) is 10.4 Å². The molecule has 0 atom stereocenters. The van der Waals surface area contributed by atoms with Crippen LogP contribution < -0.4 is 5.46 Å². The molecule has 1 fully saturated rings. The summed E-state index contributed by atoms with van der Waals surface area (Å²) < 4.78 is 12.2. The van der Waals surface area contributed by atoms with E-state index in [1.54, 1.807) is 18.7 Å². The van der Waals surface area contributed by atoms with Gasteiger partial charge in [0.15, 0.2) is 5.78 Å². The van der Waals surface area contributed by atoms with Gasteiger partial charge in [0.25, 0.3) is 0 Å². The zero-order chi connectivity index (χ0) is 15.1. The Morgan fingerprint density at radius 2 is 1.70 bits per heavy atom. The van der Waals surface area contributed by atoms with Gasteiger partial charge in [0.1, 0.15) is 0 Å². The van der Waals surface area contributed by atoms with Crippen molar-refractivity contribution in [1.82, 2.24) is 0 Å². The van der Waals surface area contributed by atoms with Crippen molar-refractivity contribution in [3.05, 3.63) is 23.8 Å².